The van der Waals surface area contributed by atoms with Crippen molar-refractivity contribution in [1.82, 2.24) is 19.4 Å². The van der Waals surface area contributed by atoms with Gasteiger partial charge in [0.05, 0.1) is 18.3 Å². The first kappa shape index (κ1) is 15.7. The Kier molecular flexibility index (Phi) is 3.71. The second-order valence-corrected chi connectivity index (χ2v) is 6.34. The molecule has 0 radical (unpaired) electrons. The van der Waals surface area contributed by atoms with E-state index in [0.29, 0.717) is 24.7 Å². The lowest BCUT2D eigenvalue weighted by Crippen LogP contribution is -2.09. The first-order chi connectivity index (χ1) is 13.3. The van der Waals surface area contributed by atoms with Gasteiger partial charge in [-0.1, -0.05) is 6.07 Å². The summed E-state index contributed by atoms with van der Waals surface area (Å²) in [7, 11) is 0. The molecule has 0 atom stereocenters. The van der Waals surface area contributed by atoms with Crippen LogP contribution in [0.3, 0.4) is 0 Å². The fraction of sp³-hybridized carbons (Fsp3) is 0.150. The molecule has 4 heterocycles. The lowest BCUT2D eigenvalue weighted by Gasteiger charge is -2.13. The van der Waals surface area contributed by atoms with Crippen molar-refractivity contribution in [3.8, 4) is 16.9 Å². The van der Waals surface area contributed by atoms with Crippen LogP contribution in [0.2, 0.25) is 0 Å². The fourth-order valence-electron chi connectivity index (χ4n) is 3.47. The highest BCUT2D eigenvalue weighted by Gasteiger charge is 2.19. The van der Waals surface area contributed by atoms with Crippen LogP contribution in [-0.4, -0.2) is 26.0 Å². The summed E-state index contributed by atoms with van der Waals surface area (Å²) in [5.41, 5.74) is 4.35. The predicted octanol–water partition coefficient (Wildman–Crippen LogP) is 3.48. The van der Waals surface area contributed by atoms with Gasteiger partial charge in [-0.25, -0.2) is 14.4 Å². The highest BCUT2D eigenvalue weighted by molar-refractivity contribution is 5.79. The third kappa shape index (κ3) is 2.68. The smallest absolute Gasteiger partial charge is 0.208 e. The molecule has 5 rings (SSSR count). The Bertz CT molecular complexity index is 1130. The van der Waals surface area contributed by atoms with Crippen molar-refractivity contribution < 1.29 is 9.13 Å². The van der Waals surface area contributed by atoms with E-state index in [0.717, 1.165) is 34.4 Å². The van der Waals surface area contributed by atoms with Crippen molar-refractivity contribution in [1.29, 1.82) is 0 Å². The van der Waals surface area contributed by atoms with Gasteiger partial charge in [0.2, 0.25) is 5.95 Å². The molecule has 1 aliphatic rings. The van der Waals surface area contributed by atoms with Gasteiger partial charge in [0.1, 0.15) is 17.9 Å². The number of anilines is 1. The minimum atomic E-state index is -0.236. The lowest BCUT2D eigenvalue weighted by atomic mass is 10.0. The summed E-state index contributed by atoms with van der Waals surface area (Å²) in [4.78, 5) is 12.9. The molecule has 1 N–H and O–H groups in total. The maximum atomic E-state index is 14.3. The number of pyridine rings is 1. The molecule has 1 aliphatic heterocycles. The van der Waals surface area contributed by atoms with Crippen molar-refractivity contribution in [2.75, 3.05) is 11.9 Å². The Labute approximate surface area is 154 Å². The predicted molar refractivity (Wildman–Crippen MR) is 99.1 cm³/mol. The molecule has 0 saturated heterocycles. The maximum Gasteiger partial charge on any atom is 0.208 e. The van der Waals surface area contributed by atoms with Crippen LogP contribution < -0.4 is 10.1 Å². The second-order valence-electron chi connectivity index (χ2n) is 6.34. The summed E-state index contributed by atoms with van der Waals surface area (Å²) in [6.45, 7) is 0.917. The zero-order valence-corrected chi connectivity index (χ0v) is 14.4. The van der Waals surface area contributed by atoms with Crippen LogP contribution in [0.5, 0.6) is 5.75 Å². The highest BCUT2D eigenvalue weighted by Crippen LogP contribution is 2.31. The van der Waals surface area contributed by atoms with Crippen molar-refractivity contribution in [2.24, 2.45) is 0 Å². The number of rotatable bonds is 4. The van der Waals surface area contributed by atoms with E-state index in [9.17, 15) is 4.39 Å². The summed E-state index contributed by atoms with van der Waals surface area (Å²) in [5.74, 6) is 1.13. The third-order valence-electron chi connectivity index (χ3n) is 4.80. The van der Waals surface area contributed by atoms with Crippen molar-refractivity contribution in [3.05, 3.63) is 72.3 Å². The zero-order valence-electron chi connectivity index (χ0n) is 14.4. The number of halogens is 1. The zero-order chi connectivity index (χ0) is 18.2. The lowest BCUT2D eigenvalue weighted by molar-refractivity contribution is 0.356. The van der Waals surface area contributed by atoms with E-state index >= 15 is 0 Å². The molecule has 3 aromatic heterocycles. The third-order valence-corrected chi connectivity index (χ3v) is 4.80. The van der Waals surface area contributed by atoms with Crippen LogP contribution in [0.4, 0.5) is 10.3 Å². The molecule has 4 aromatic rings. The largest absolute Gasteiger partial charge is 0.493 e. The summed E-state index contributed by atoms with van der Waals surface area (Å²) in [6.07, 6.45) is 9.50. The Morgan fingerprint density at radius 1 is 1.15 bits per heavy atom. The number of nitrogens with zero attached hydrogens (tertiary/aromatic N) is 4. The van der Waals surface area contributed by atoms with Crippen LogP contribution in [0, 0.1) is 5.82 Å². The molecule has 7 heteroatoms. The van der Waals surface area contributed by atoms with E-state index in [1.165, 1.54) is 6.07 Å². The number of benzene rings is 1. The minimum absolute atomic E-state index is 0.236. The Morgan fingerprint density at radius 3 is 3.00 bits per heavy atom. The molecule has 0 spiro atoms. The Hall–Kier alpha value is -3.48. The summed E-state index contributed by atoms with van der Waals surface area (Å²) in [5, 5.41) is 3.24. The topological polar surface area (TPSA) is 64.3 Å². The van der Waals surface area contributed by atoms with Crippen LogP contribution in [0.15, 0.2) is 55.4 Å². The van der Waals surface area contributed by atoms with E-state index in [4.69, 9.17) is 4.74 Å². The molecule has 0 saturated carbocycles. The van der Waals surface area contributed by atoms with Crippen molar-refractivity contribution >= 4 is 11.5 Å². The van der Waals surface area contributed by atoms with E-state index < -0.39 is 0 Å². The van der Waals surface area contributed by atoms with Gasteiger partial charge in [-0.3, -0.25) is 9.38 Å². The van der Waals surface area contributed by atoms with E-state index in [1.807, 2.05) is 16.5 Å². The van der Waals surface area contributed by atoms with Crippen molar-refractivity contribution in [3.63, 3.8) is 0 Å². The molecular weight excluding hydrogens is 345 g/mol. The van der Waals surface area contributed by atoms with Gasteiger partial charge in [0.25, 0.3) is 0 Å². The van der Waals surface area contributed by atoms with Gasteiger partial charge in [0.15, 0.2) is 0 Å². The van der Waals surface area contributed by atoms with E-state index in [-0.39, 0.29) is 5.82 Å². The van der Waals surface area contributed by atoms with Crippen LogP contribution in [-0.2, 0) is 13.0 Å². The fourth-order valence-corrected chi connectivity index (χ4v) is 3.47. The minimum Gasteiger partial charge on any atom is -0.493 e. The number of hydrogen-bond acceptors (Lipinski definition) is 5. The number of imidazole rings is 1. The Balaban J connectivity index is 1.49. The quantitative estimate of drug-likeness (QED) is 0.603. The molecular formula is C20H16FN5O. The van der Waals surface area contributed by atoms with Gasteiger partial charge >= 0.3 is 0 Å². The Morgan fingerprint density at radius 2 is 2.11 bits per heavy atom. The number of nitrogens with one attached hydrogen (secondary N) is 1. The molecule has 1 aromatic carbocycles. The number of hydrogen-bond donors (Lipinski definition) is 1. The molecule has 0 bridgehead atoms. The van der Waals surface area contributed by atoms with Gasteiger partial charge < -0.3 is 10.1 Å². The standard InChI is InChI=1S/C20H16FN5O/c21-17-3-4-19-14(5-7-27-19)16(17)10-25-20-24-9-15(13-2-1-6-22-8-13)18-11-23-12-26(18)20/h1-4,6,8-9,11-12H,5,7,10H2,(H,24,25). The van der Waals surface area contributed by atoms with Gasteiger partial charge in [0, 0.05) is 53.8 Å². The van der Waals surface area contributed by atoms with Crippen LogP contribution >= 0.6 is 0 Å². The summed E-state index contributed by atoms with van der Waals surface area (Å²) >= 11 is 0. The second kappa shape index (κ2) is 6.35. The SMILES string of the molecule is Fc1ccc2c(c1CNc1ncc(-c3cccnc3)c3cncn13)CCO2. The monoisotopic (exact) mass is 361 g/mol. The maximum absolute atomic E-state index is 14.3. The molecule has 0 unspecified atom stereocenters. The molecule has 134 valence electrons. The van der Waals surface area contributed by atoms with Crippen LogP contribution in [0.25, 0.3) is 16.6 Å². The molecule has 27 heavy (non-hydrogen) atoms. The molecule has 0 amide bonds. The summed E-state index contributed by atoms with van der Waals surface area (Å²) < 4.78 is 21.7. The molecule has 6 nitrogen and oxygen atoms in total. The highest BCUT2D eigenvalue weighted by atomic mass is 19.1. The first-order valence-electron chi connectivity index (χ1n) is 8.69. The molecule has 0 aliphatic carbocycles. The molecule has 0 fully saturated rings. The van der Waals surface area contributed by atoms with Crippen molar-refractivity contribution in [2.45, 2.75) is 13.0 Å². The van der Waals surface area contributed by atoms with Gasteiger partial charge in [-0.05, 0) is 18.2 Å². The number of fused-ring (bicyclic) bond motifs is 2. The number of aromatic nitrogens is 4. The number of ether oxygens (including phenoxy) is 1. The first-order valence-corrected chi connectivity index (χ1v) is 8.69. The normalized spacial score (nSPS) is 12.8. The average Bonchev–Trinajstić information content (AvgIpc) is 3.37. The summed E-state index contributed by atoms with van der Waals surface area (Å²) in [6, 6.07) is 7.00. The van der Waals surface area contributed by atoms with Crippen LogP contribution in [0.1, 0.15) is 11.1 Å². The van der Waals surface area contributed by atoms with E-state index in [1.54, 1.807) is 37.2 Å². The van der Waals surface area contributed by atoms with E-state index in [2.05, 4.69) is 20.3 Å². The van der Waals surface area contributed by atoms with Gasteiger partial charge in [-0.15, -0.1) is 0 Å². The average molecular weight is 361 g/mol. The van der Waals surface area contributed by atoms with Gasteiger partial charge in [-0.2, -0.15) is 0 Å².